The van der Waals surface area contributed by atoms with Crippen molar-refractivity contribution >= 4 is 17.4 Å². The van der Waals surface area contributed by atoms with E-state index in [1.165, 1.54) is 0 Å². The van der Waals surface area contributed by atoms with E-state index >= 15 is 0 Å². The Kier molecular flexibility index (Phi) is 3.89. The van der Waals surface area contributed by atoms with Crippen LogP contribution in [0, 0.1) is 0 Å². The first-order chi connectivity index (χ1) is 8.61. The van der Waals surface area contributed by atoms with Crippen LogP contribution in [-0.4, -0.2) is 33.7 Å². The van der Waals surface area contributed by atoms with Gasteiger partial charge in [0.05, 0.1) is 6.54 Å². The fourth-order valence-corrected chi connectivity index (χ4v) is 2.10. The van der Waals surface area contributed by atoms with Gasteiger partial charge in [0.2, 0.25) is 0 Å². The summed E-state index contributed by atoms with van der Waals surface area (Å²) in [5, 5.41) is 11.3. The van der Waals surface area contributed by atoms with E-state index in [0.29, 0.717) is 10.6 Å². The monoisotopic (exact) mass is 266 g/mol. The molecule has 1 heterocycles. The number of hydrogen-bond donors (Lipinski definition) is 1. The molecule has 0 saturated heterocycles. The van der Waals surface area contributed by atoms with Crippen LogP contribution in [0.3, 0.4) is 0 Å². The molecule has 1 atom stereocenters. The van der Waals surface area contributed by atoms with Crippen LogP contribution in [0.4, 0.5) is 0 Å². The second kappa shape index (κ2) is 5.42. The van der Waals surface area contributed by atoms with Crippen molar-refractivity contribution < 1.29 is 10.0 Å². The number of benzene rings is 1. The van der Waals surface area contributed by atoms with Gasteiger partial charge in [-0.15, -0.1) is 0 Å². The Balaban J connectivity index is 2.03. The van der Waals surface area contributed by atoms with E-state index in [4.69, 9.17) is 11.6 Å². The van der Waals surface area contributed by atoms with Crippen molar-refractivity contribution in [3.05, 3.63) is 47.3 Å². The number of Topliss-reactive ketones (excluding diaryl/α,β-unsaturated/α-hetero) is 1. The summed E-state index contributed by atoms with van der Waals surface area (Å²) in [6.07, 6.45) is 3.85. The molecule has 1 aromatic carbocycles. The Bertz CT molecular complexity index is 459. The van der Waals surface area contributed by atoms with Gasteiger partial charge in [-0.05, 0) is 30.7 Å². The molecular formula is C13H15ClN2O2. The highest BCUT2D eigenvalue weighted by Gasteiger charge is 2.25. The summed E-state index contributed by atoms with van der Waals surface area (Å²) in [6, 6.07) is 6.82. The zero-order valence-electron chi connectivity index (χ0n) is 10.1. The van der Waals surface area contributed by atoms with Gasteiger partial charge in [-0.2, -0.15) is 0 Å². The lowest BCUT2D eigenvalue weighted by atomic mass is 10.1. The topological polar surface area (TPSA) is 43.8 Å². The van der Waals surface area contributed by atoms with E-state index in [1.807, 2.05) is 11.8 Å². The van der Waals surface area contributed by atoms with Crippen molar-refractivity contribution in [3.63, 3.8) is 0 Å². The van der Waals surface area contributed by atoms with Gasteiger partial charge in [0.15, 0.2) is 5.78 Å². The van der Waals surface area contributed by atoms with Crippen molar-refractivity contribution in [2.75, 3.05) is 6.54 Å². The number of carbonyl (C=O) groups excluding carboxylic acids is 1. The van der Waals surface area contributed by atoms with E-state index in [-0.39, 0.29) is 18.5 Å². The molecule has 2 rings (SSSR count). The first-order valence-corrected chi connectivity index (χ1v) is 6.19. The molecule has 4 nitrogen and oxygen atoms in total. The van der Waals surface area contributed by atoms with Crippen LogP contribution in [0.25, 0.3) is 0 Å². The summed E-state index contributed by atoms with van der Waals surface area (Å²) >= 11 is 5.78. The van der Waals surface area contributed by atoms with Crippen LogP contribution in [0.1, 0.15) is 23.7 Å². The largest absolute Gasteiger partial charge is 0.346 e. The van der Waals surface area contributed by atoms with Crippen molar-refractivity contribution in [2.45, 2.75) is 19.5 Å². The molecule has 0 aromatic heterocycles. The van der Waals surface area contributed by atoms with E-state index in [9.17, 15) is 10.0 Å². The minimum absolute atomic E-state index is 0.00469. The van der Waals surface area contributed by atoms with Crippen molar-refractivity contribution in [1.82, 2.24) is 9.96 Å². The predicted molar refractivity (Wildman–Crippen MR) is 69.3 cm³/mol. The van der Waals surface area contributed by atoms with Crippen molar-refractivity contribution in [2.24, 2.45) is 0 Å². The van der Waals surface area contributed by atoms with Crippen LogP contribution >= 0.6 is 11.6 Å². The van der Waals surface area contributed by atoms with Crippen LogP contribution in [0.2, 0.25) is 5.02 Å². The number of halogens is 1. The standard InChI is InChI=1S/C13H15ClN2O2/c1-2-13-15(7-8-16(13)18)9-12(17)10-3-5-11(14)6-4-10/h3-8,13,18H,2,9H2,1H3. The molecule has 1 aliphatic rings. The minimum Gasteiger partial charge on any atom is -0.346 e. The summed E-state index contributed by atoms with van der Waals surface area (Å²) in [7, 11) is 0. The maximum atomic E-state index is 12.1. The number of nitrogens with zero attached hydrogens (tertiary/aromatic N) is 2. The molecule has 0 spiro atoms. The SMILES string of the molecule is CCC1N(O)C=CN1CC(=O)c1ccc(Cl)cc1. The van der Waals surface area contributed by atoms with Gasteiger partial charge in [-0.1, -0.05) is 18.5 Å². The summed E-state index contributed by atoms with van der Waals surface area (Å²) in [5.74, 6) is 0.00469. The van der Waals surface area contributed by atoms with Gasteiger partial charge in [0, 0.05) is 23.0 Å². The Morgan fingerprint density at radius 1 is 1.33 bits per heavy atom. The highest BCUT2D eigenvalue weighted by Crippen LogP contribution is 2.17. The first kappa shape index (κ1) is 12.9. The normalized spacial score (nSPS) is 18.5. The van der Waals surface area contributed by atoms with Crippen LogP contribution < -0.4 is 0 Å². The molecule has 1 aliphatic heterocycles. The summed E-state index contributed by atoms with van der Waals surface area (Å²) in [4.78, 5) is 13.9. The van der Waals surface area contributed by atoms with Crippen molar-refractivity contribution in [3.8, 4) is 0 Å². The number of rotatable bonds is 4. The second-order valence-corrected chi connectivity index (χ2v) is 4.61. The number of carbonyl (C=O) groups is 1. The molecule has 0 aliphatic carbocycles. The Morgan fingerprint density at radius 3 is 2.61 bits per heavy atom. The van der Waals surface area contributed by atoms with Gasteiger partial charge < -0.3 is 4.90 Å². The molecule has 0 amide bonds. The fourth-order valence-electron chi connectivity index (χ4n) is 1.98. The van der Waals surface area contributed by atoms with Gasteiger partial charge >= 0.3 is 0 Å². The molecule has 5 heteroatoms. The predicted octanol–water partition coefficient (Wildman–Crippen LogP) is 2.74. The maximum absolute atomic E-state index is 12.1. The number of ketones is 1. The minimum atomic E-state index is -0.166. The molecular weight excluding hydrogens is 252 g/mol. The van der Waals surface area contributed by atoms with Crippen LogP contribution in [0.5, 0.6) is 0 Å². The Morgan fingerprint density at radius 2 is 2.00 bits per heavy atom. The fraction of sp³-hybridized carbons (Fsp3) is 0.308. The lowest BCUT2D eigenvalue weighted by molar-refractivity contribution is -0.102. The Labute approximate surface area is 111 Å². The quantitative estimate of drug-likeness (QED) is 0.851. The highest BCUT2D eigenvalue weighted by molar-refractivity contribution is 6.30. The third kappa shape index (κ3) is 2.66. The summed E-state index contributed by atoms with van der Waals surface area (Å²) in [6.45, 7) is 2.20. The van der Waals surface area contributed by atoms with E-state index in [2.05, 4.69) is 0 Å². The summed E-state index contributed by atoms with van der Waals surface area (Å²) < 4.78 is 0. The number of hydrogen-bond acceptors (Lipinski definition) is 4. The van der Waals surface area contributed by atoms with E-state index in [1.54, 1.807) is 36.7 Å². The maximum Gasteiger partial charge on any atom is 0.182 e. The molecule has 1 aromatic rings. The molecule has 96 valence electrons. The van der Waals surface area contributed by atoms with Gasteiger partial charge in [0.1, 0.15) is 6.17 Å². The van der Waals surface area contributed by atoms with Gasteiger partial charge in [0.25, 0.3) is 0 Å². The zero-order valence-corrected chi connectivity index (χ0v) is 10.8. The smallest absolute Gasteiger partial charge is 0.182 e. The van der Waals surface area contributed by atoms with Gasteiger partial charge in [-0.3, -0.25) is 10.0 Å². The van der Waals surface area contributed by atoms with Gasteiger partial charge in [-0.25, -0.2) is 5.06 Å². The zero-order chi connectivity index (χ0) is 13.1. The lowest BCUT2D eigenvalue weighted by Gasteiger charge is -2.27. The molecule has 1 unspecified atom stereocenters. The number of hydroxylamine groups is 2. The summed E-state index contributed by atoms with van der Waals surface area (Å²) in [5.41, 5.74) is 0.624. The molecule has 0 fully saturated rings. The molecule has 1 N–H and O–H groups in total. The Hall–Kier alpha value is -1.52. The van der Waals surface area contributed by atoms with Crippen LogP contribution in [-0.2, 0) is 0 Å². The van der Waals surface area contributed by atoms with Crippen molar-refractivity contribution in [1.29, 1.82) is 0 Å². The van der Waals surface area contributed by atoms with Crippen LogP contribution in [0.15, 0.2) is 36.7 Å². The average Bonchev–Trinajstić information content (AvgIpc) is 2.70. The molecule has 0 bridgehead atoms. The van der Waals surface area contributed by atoms with E-state index in [0.717, 1.165) is 11.5 Å². The second-order valence-electron chi connectivity index (χ2n) is 4.17. The third-order valence-electron chi connectivity index (χ3n) is 2.96. The molecule has 18 heavy (non-hydrogen) atoms. The third-order valence-corrected chi connectivity index (χ3v) is 3.21. The lowest BCUT2D eigenvalue weighted by Crippen LogP contribution is -2.39. The molecule has 0 radical (unpaired) electrons. The average molecular weight is 267 g/mol. The first-order valence-electron chi connectivity index (χ1n) is 5.82. The highest BCUT2D eigenvalue weighted by atomic mass is 35.5. The van der Waals surface area contributed by atoms with E-state index < -0.39 is 0 Å². The molecule has 0 saturated carbocycles.